The van der Waals surface area contributed by atoms with Crippen LogP contribution in [0.2, 0.25) is 5.02 Å². The van der Waals surface area contributed by atoms with Crippen LogP contribution in [0.1, 0.15) is 71.0 Å². The van der Waals surface area contributed by atoms with Crippen molar-refractivity contribution in [3.8, 4) is 28.7 Å². The Bertz CT molecular complexity index is 1840. The summed E-state index contributed by atoms with van der Waals surface area (Å²) in [4.78, 5) is 17.3. The van der Waals surface area contributed by atoms with E-state index in [2.05, 4.69) is 71.1 Å². The largest absolute Gasteiger partial charge is 0.488 e. The summed E-state index contributed by atoms with van der Waals surface area (Å²) in [6, 6.07) is 20.8. The third-order valence-corrected chi connectivity index (χ3v) is 10.3. The van der Waals surface area contributed by atoms with E-state index in [9.17, 15) is 10.4 Å². The van der Waals surface area contributed by atoms with Crippen LogP contribution in [0.25, 0.3) is 11.1 Å². The standard InChI is InChI=1S/C41H47ClN4O3.CH2O2/c1-29-33(9-3-4-15-45-16-5-6-17-45)10-7-12-37(29)38-13-8-11-34(30(38)2)28-49-41-21-40(48-27-32-19-31(22-43)23-44-24-32)35(20-39(41)42)25-46-18-14-36(47)26-46;2-1-3/h7-8,10-13,19-21,23-24,36,47H,3-6,9,14-18,25-28H2,1-2H3;1H,(H,2,3). The van der Waals surface area contributed by atoms with Gasteiger partial charge in [-0.1, -0.05) is 48.0 Å². The number of hydrogen-bond acceptors (Lipinski definition) is 8. The van der Waals surface area contributed by atoms with Crippen LogP contribution < -0.4 is 9.47 Å². The molecular weight excluding hydrogens is 676 g/mol. The van der Waals surface area contributed by atoms with Crippen LogP contribution in [0.15, 0.2) is 67.0 Å². The first-order valence-electron chi connectivity index (χ1n) is 18.1. The van der Waals surface area contributed by atoms with E-state index < -0.39 is 0 Å². The molecule has 274 valence electrons. The third kappa shape index (κ3) is 10.5. The Labute approximate surface area is 312 Å². The highest BCUT2D eigenvalue weighted by Crippen LogP contribution is 2.36. The number of carboxylic acid groups (broad SMARTS) is 1. The zero-order chi connectivity index (χ0) is 36.9. The highest BCUT2D eigenvalue weighted by molar-refractivity contribution is 6.32. The van der Waals surface area contributed by atoms with Crippen LogP contribution in [-0.2, 0) is 31.0 Å². The van der Waals surface area contributed by atoms with Gasteiger partial charge in [-0.3, -0.25) is 14.7 Å². The molecule has 2 fully saturated rings. The van der Waals surface area contributed by atoms with Crippen molar-refractivity contribution in [2.45, 2.75) is 78.2 Å². The number of aromatic nitrogens is 1. The monoisotopic (exact) mass is 724 g/mol. The number of likely N-dealkylation sites (tertiary alicyclic amines) is 2. The molecule has 0 radical (unpaired) electrons. The summed E-state index contributed by atoms with van der Waals surface area (Å²) in [5, 5.41) is 26.8. The molecule has 10 heteroatoms. The van der Waals surface area contributed by atoms with Crippen molar-refractivity contribution in [2.75, 3.05) is 32.7 Å². The Morgan fingerprint density at radius 1 is 0.904 bits per heavy atom. The Hall–Kier alpha value is -4.46. The maximum atomic E-state index is 10.1. The molecular formula is C42H49ClN4O5. The van der Waals surface area contributed by atoms with Crippen molar-refractivity contribution >= 4 is 18.1 Å². The molecule has 0 bridgehead atoms. The number of unbranched alkanes of at least 4 members (excludes halogenated alkanes) is 1. The van der Waals surface area contributed by atoms with Crippen LogP contribution in [0, 0.1) is 25.2 Å². The fourth-order valence-electron chi connectivity index (χ4n) is 7.12. The van der Waals surface area contributed by atoms with Crippen molar-refractivity contribution in [3.05, 3.63) is 111 Å². The van der Waals surface area contributed by atoms with E-state index >= 15 is 0 Å². The number of halogens is 1. The first-order valence-corrected chi connectivity index (χ1v) is 18.5. The Kier molecular flexibility index (Phi) is 14.5. The predicted octanol–water partition coefficient (Wildman–Crippen LogP) is 7.73. The average molecular weight is 725 g/mol. The number of hydrogen-bond donors (Lipinski definition) is 2. The average Bonchev–Trinajstić information content (AvgIpc) is 3.82. The first kappa shape index (κ1) is 38.8. The normalized spacial score (nSPS) is 15.9. The molecule has 0 saturated carbocycles. The lowest BCUT2D eigenvalue weighted by molar-refractivity contribution is -0.122. The van der Waals surface area contributed by atoms with Crippen molar-refractivity contribution in [1.82, 2.24) is 14.8 Å². The second kappa shape index (κ2) is 19.4. The molecule has 2 saturated heterocycles. The van der Waals surface area contributed by atoms with Gasteiger partial charge in [-0.2, -0.15) is 5.26 Å². The SMILES string of the molecule is Cc1c(CCCCN2CCCC2)cccc1-c1cccc(COc2cc(OCc3cncc(C#N)c3)c(CN3CCC(O)C3)cc2Cl)c1C.O=CO. The number of aliphatic hydroxyl groups is 1. The molecule has 1 unspecified atom stereocenters. The van der Waals surface area contributed by atoms with Crippen LogP contribution in [0.4, 0.5) is 0 Å². The number of benzene rings is 3. The van der Waals surface area contributed by atoms with Gasteiger partial charge in [0.15, 0.2) is 0 Å². The molecule has 0 aliphatic carbocycles. The van der Waals surface area contributed by atoms with E-state index in [-0.39, 0.29) is 19.2 Å². The number of nitrogens with zero attached hydrogens (tertiary/aromatic N) is 4. The fourth-order valence-corrected chi connectivity index (χ4v) is 7.36. The Morgan fingerprint density at radius 2 is 1.60 bits per heavy atom. The number of carbonyl (C=O) groups is 1. The lowest BCUT2D eigenvalue weighted by atomic mass is 9.90. The van der Waals surface area contributed by atoms with Gasteiger partial charge in [0.2, 0.25) is 0 Å². The van der Waals surface area contributed by atoms with Gasteiger partial charge < -0.3 is 24.6 Å². The second-order valence-corrected chi connectivity index (χ2v) is 14.0. The van der Waals surface area contributed by atoms with E-state index in [1.54, 1.807) is 12.3 Å². The molecule has 6 rings (SSSR count). The fraction of sp³-hybridized carbons (Fsp3) is 0.405. The number of aryl methyl sites for hydroxylation is 1. The molecule has 2 aliphatic rings. The van der Waals surface area contributed by atoms with Gasteiger partial charge in [-0.25, -0.2) is 0 Å². The molecule has 1 atom stereocenters. The number of aliphatic hydroxyl groups excluding tert-OH is 1. The van der Waals surface area contributed by atoms with E-state index in [0.29, 0.717) is 41.8 Å². The minimum atomic E-state index is -0.322. The Morgan fingerprint density at radius 3 is 2.29 bits per heavy atom. The number of ether oxygens (including phenoxy) is 2. The number of pyridine rings is 1. The van der Waals surface area contributed by atoms with E-state index in [0.717, 1.165) is 36.1 Å². The number of β-amino-alcohol motifs (C(OH)–C–C–N with tert-alkyl or cyclic N) is 1. The highest BCUT2D eigenvalue weighted by Gasteiger charge is 2.23. The van der Waals surface area contributed by atoms with Crippen LogP contribution in [0.5, 0.6) is 11.5 Å². The quantitative estimate of drug-likeness (QED) is 0.0995. The minimum Gasteiger partial charge on any atom is -0.488 e. The number of nitriles is 1. The molecule has 9 nitrogen and oxygen atoms in total. The lowest BCUT2D eigenvalue weighted by Crippen LogP contribution is -2.22. The summed E-state index contributed by atoms with van der Waals surface area (Å²) in [7, 11) is 0. The molecule has 3 heterocycles. The van der Waals surface area contributed by atoms with Gasteiger partial charge in [-0.15, -0.1) is 0 Å². The van der Waals surface area contributed by atoms with Crippen LogP contribution in [-0.4, -0.2) is 70.3 Å². The van der Waals surface area contributed by atoms with Crippen molar-refractivity contribution in [2.24, 2.45) is 0 Å². The molecule has 1 aromatic heterocycles. The van der Waals surface area contributed by atoms with Crippen molar-refractivity contribution < 1.29 is 24.5 Å². The highest BCUT2D eigenvalue weighted by atomic mass is 35.5. The maximum Gasteiger partial charge on any atom is 0.290 e. The number of rotatable bonds is 14. The van der Waals surface area contributed by atoms with Crippen molar-refractivity contribution in [3.63, 3.8) is 0 Å². The van der Waals surface area contributed by atoms with Crippen molar-refractivity contribution in [1.29, 1.82) is 5.26 Å². The Balaban J connectivity index is 0.00000168. The van der Waals surface area contributed by atoms with Gasteiger partial charge in [0.1, 0.15) is 30.8 Å². The maximum absolute atomic E-state index is 10.1. The molecule has 2 aliphatic heterocycles. The van der Waals surface area contributed by atoms with Gasteiger partial charge in [0, 0.05) is 49.2 Å². The smallest absolute Gasteiger partial charge is 0.290 e. The van der Waals surface area contributed by atoms with E-state index in [1.165, 1.54) is 79.3 Å². The first-order chi connectivity index (χ1) is 25.3. The molecule has 4 aromatic rings. The van der Waals surface area contributed by atoms with Gasteiger partial charge in [0.05, 0.1) is 16.7 Å². The van der Waals surface area contributed by atoms with Gasteiger partial charge >= 0.3 is 0 Å². The lowest BCUT2D eigenvalue weighted by Gasteiger charge is -2.20. The van der Waals surface area contributed by atoms with Gasteiger partial charge in [-0.05, 0) is 118 Å². The summed E-state index contributed by atoms with van der Waals surface area (Å²) in [5.41, 5.74) is 9.78. The molecule has 0 amide bonds. The summed E-state index contributed by atoms with van der Waals surface area (Å²) < 4.78 is 12.7. The summed E-state index contributed by atoms with van der Waals surface area (Å²) in [6.45, 7) is 10.6. The second-order valence-electron chi connectivity index (χ2n) is 13.6. The summed E-state index contributed by atoms with van der Waals surface area (Å²) in [5.74, 6) is 1.20. The third-order valence-electron chi connectivity index (χ3n) is 10.0. The van der Waals surface area contributed by atoms with Crippen LogP contribution in [0.3, 0.4) is 0 Å². The molecule has 52 heavy (non-hydrogen) atoms. The van der Waals surface area contributed by atoms with E-state index in [4.69, 9.17) is 31.0 Å². The minimum absolute atomic E-state index is 0.247. The molecule has 0 spiro atoms. The molecule has 3 aromatic carbocycles. The zero-order valence-electron chi connectivity index (χ0n) is 30.2. The zero-order valence-corrected chi connectivity index (χ0v) is 30.9. The predicted molar refractivity (Wildman–Crippen MR) is 204 cm³/mol. The molecule has 2 N–H and O–H groups in total. The van der Waals surface area contributed by atoms with E-state index in [1.807, 2.05) is 12.1 Å². The van der Waals surface area contributed by atoms with Gasteiger partial charge in [0.25, 0.3) is 6.47 Å². The summed E-state index contributed by atoms with van der Waals surface area (Å²) >= 11 is 6.84. The summed E-state index contributed by atoms with van der Waals surface area (Å²) in [6.07, 6.45) is 9.93. The topological polar surface area (TPSA) is 119 Å². The van der Waals surface area contributed by atoms with Crippen LogP contribution >= 0.6 is 11.6 Å².